The molecule has 3 unspecified atom stereocenters. The molecule has 0 aromatic heterocycles. The Kier molecular flexibility index (Phi) is 6.79. The quantitative estimate of drug-likeness (QED) is 0.624. The Bertz CT molecular complexity index is 666. The molecule has 0 bridgehead atoms. The third-order valence-corrected chi connectivity index (χ3v) is 5.16. The molecule has 1 saturated heterocycles. The molecule has 0 saturated carbocycles. The smallest absolute Gasteiger partial charge is 0.333 e. The first-order chi connectivity index (χ1) is 11.9. The van der Waals surface area contributed by atoms with E-state index in [0.717, 1.165) is 0 Å². The first-order valence-electron chi connectivity index (χ1n) is 8.04. The maximum Gasteiger partial charge on any atom is 0.333 e. The molecule has 0 spiro atoms. The van der Waals surface area contributed by atoms with E-state index in [4.69, 9.17) is 21.1 Å². The second kappa shape index (κ2) is 8.63. The highest BCUT2D eigenvalue weighted by Crippen LogP contribution is 2.38. The largest absolute Gasteiger partial charge is 0.467 e. The standard InChI is InChI=1S/C18H22ClNO4S/c1-4-24-17(21)15-11(2)20(10-9-14(15)25)16(18(22)23-3)12-7-5-6-8-13(12)19/h5-8,14-16,25H,2,4,9-10H2,1,3H3. The molecule has 0 N–H and O–H groups in total. The highest BCUT2D eigenvalue weighted by atomic mass is 35.5. The molecule has 3 atom stereocenters. The first kappa shape index (κ1) is 19.7. The molecule has 1 aliphatic heterocycles. The van der Waals surface area contributed by atoms with Crippen LogP contribution in [0.25, 0.3) is 0 Å². The lowest BCUT2D eigenvalue weighted by molar-refractivity contribution is -0.151. The van der Waals surface area contributed by atoms with Gasteiger partial charge in [0.1, 0.15) is 5.92 Å². The Morgan fingerprint density at radius 2 is 2.12 bits per heavy atom. The number of thiol groups is 1. The summed E-state index contributed by atoms with van der Waals surface area (Å²) in [6.07, 6.45) is 0.601. The molecule has 1 aromatic carbocycles. The number of ether oxygens (including phenoxy) is 2. The van der Waals surface area contributed by atoms with Gasteiger partial charge in [0.25, 0.3) is 0 Å². The van der Waals surface area contributed by atoms with Crippen molar-refractivity contribution in [2.75, 3.05) is 20.3 Å². The summed E-state index contributed by atoms with van der Waals surface area (Å²) in [7, 11) is 1.32. The van der Waals surface area contributed by atoms with E-state index in [9.17, 15) is 9.59 Å². The molecule has 0 radical (unpaired) electrons. The fraction of sp³-hybridized carbons (Fsp3) is 0.444. The van der Waals surface area contributed by atoms with Gasteiger partial charge in [-0.3, -0.25) is 4.79 Å². The monoisotopic (exact) mass is 383 g/mol. The van der Waals surface area contributed by atoms with Gasteiger partial charge < -0.3 is 14.4 Å². The van der Waals surface area contributed by atoms with E-state index in [2.05, 4.69) is 19.2 Å². The third kappa shape index (κ3) is 4.12. The van der Waals surface area contributed by atoms with Gasteiger partial charge in [-0.2, -0.15) is 12.6 Å². The normalized spacial score (nSPS) is 21.6. The zero-order valence-corrected chi connectivity index (χ0v) is 15.9. The lowest BCUT2D eigenvalue weighted by Gasteiger charge is -2.42. The average Bonchev–Trinajstić information content (AvgIpc) is 2.58. The Morgan fingerprint density at radius 1 is 1.44 bits per heavy atom. The van der Waals surface area contributed by atoms with Gasteiger partial charge in [-0.25, -0.2) is 4.79 Å². The number of hydrogen-bond donors (Lipinski definition) is 1. The molecule has 2 rings (SSSR count). The van der Waals surface area contributed by atoms with E-state index in [1.165, 1.54) is 7.11 Å². The van der Waals surface area contributed by atoms with Crippen LogP contribution >= 0.6 is 24.2 Å². The Labute approximate surface area is 158 Å². The zero-order chi connectivity index (χ0) is 18.6. The predicted octanol–water partition coefficient (Wildman–Crippen LogP) is 3.25. The van der Waals surface area contributed by atoms with Gasteiger partial charge in [0, 0.05) is 28.1 Å². The Hall–Kier alpha value is -1.66. The fourth-order valence-electron chi connectivity index (χ4n) is 3.03. The zero-order valence-electron chi connectivity index (χ0n) is 14.3. The summed E-state index contributed by atoms with van der Waals surface area (Å²) in [6, 6.07) is 6.29. The van der Waals surface area contributed by atoms with Gasteiger partial charge in [0.05, 0.1) is 13.7 Å². The number of esters is 2. The summed E-state index contributed by atoms with van der Waals surface area (Å²) < 4.78 is 10.1. The number of likely N-dealkylation sites (tertiary alicyclic amines) is 1. The summed E-state index contributed by atoms with van der Waals surface area (Å²) >= 11 is 10.8. The second-order valence-electron chi connectivity index (χ2n) is 5.72. The number of carbonyl (C=O) groups excluding carboxylic acids is 2. The van der Waals surface area contributed by atoms with Crippen molar-refractivity contribution in [1.29, 1.82) is 0 Å². The minimum Gasteiger partial charge on any atom is -0.467 e. The number of hydrogen-bond acceptors (Lipinski definition) is 6. The molecular weight excluding hydrogens is 362 g/mol. The minimum atomic E-state index is -0.774. The molecular formula is C18H22ClNO4S. The van der Waals surface area contributed by atoms with Crippen LogP contribution in [0.15, 0.2) is 36.5 Å². The maximum atomic E-state index is 12.5. The molecule has 5 nitrogen and oxygen atoms in total. The average molecular weight is 384 g/mol. The summed E-state index contributed by atoms with van der Waals surface area (Å²) in [4.78, 5) is 26.6. The second-order valence-corrected chi connectivity index (χ2v) is 6.79. The van der Waals surface area contributed by atoms with Crippen molar-refractivity contribution in [2.24, 2.45) is 5.92 Å². The van der Waals surface area contributed by atoms with Crippen molar-refractivity contribution in [3.8, 4) is 0 Å². The van der Waals surface area contributed by atoms with Crippen LogP contribution in [0.1, 0.15) is 24.9 Å². The molecule has 1 aliphatic rings. The van der Waals surface area contributed by atoms with Crippen molar-refractivity contribution >= 4 is 36.2 Å². The number of methoxy groups -OCH3 is 1. The van der Waals surface area contributed by atoms with E-state index >= 15 is 0 Å². The van der Waals surface area contributed by atoms with Crippen LogP contribution in [-0.4, -0.2) is 42.3 Å². The van der Waals surface area contributed by atoms with E-state index in [0.29, 0.717) is 29.2 Å². The number of carbonyl (C=O) groups is 2. The van der Waals surface area contributed by atoms with E-state index in [-0.39, 0.29) is 17.8 Å². The van der Waals surface area contributed by atoms with Gasteiger partial charge in [0.2, 0.25) is 0 Å². The molecule has 136 valence electrons. The molecule has 0 aliphatic carbocycles. The van der Waals surface area contributed by atoms with E-state index in [1.807, 2.05) is 0 Å². The maximum absolute atomic E-state index is 12.5. The van der Waals surface area contributed by atoms with Gasteiger partial charge in [0.15, 0.2) is 6.04 Å². The van der Waals surface area contributed by atoms with Gasteiger partial charge in [-0.15, -0.1) is 0 Å². The van der Waals surface area contributed by atoms with Crippen molar-refractivity contribution < 1.29 is 19.1 Å². The van der Waals surface area contributed by atoms with Crippen LogP contribution in [0.3, 0.4) is 0 Å². The Balaban J connectivity index is 2.40. The lowest BCUT2D eigenvalue weighted by atomic mass is 9.91. The highest BCUT2D eigenvalue weighted by Gasteiger charge is 2.42. The molecule has 1 fully saturated rings. The van der Waals surface area contributed by atoms with E-state index in [1.54, 1.807) is 36.1 Å². The van der Waals surface area contributed by atoms with Crippen LogP contribution in [0, 0.1) is 5.92 Å². The molecule has 1 heterocycles. The van der Waals surface area contributed by atoms with Crippen LogP contribution in [0.5, 0.6) is 0 Å². The lowest BCUT2D eigenvalue weighted by Crippen LogP contribution is -2.46. The Morgan fingerprint density at radius 3 is 2.72 bits per heavy atom. The number of nitrogens with zero attached hydrogens (tertiary/aromatic N) is 1. The molecule has 7 heteroatoms. The molecule has 1 aromatic rings. The summed E-state index contributed by atoms with van der Waals surface area (Å²) in [5, 5.41) is 0.235. The number of rotatable bonds is 5. The van der Waals surface area contributed by atoms with Crippen molar-refractivity contribution in [3.63, 3.8) is 0 Å². The third-order valence-electron chi connectivity index (χ3n) is 4.25. The van der Waals surface area contributed by atoms with Crippen LogP contribution < -0.4 is 0 Å². The number of halogens is 1. The van der Waals surface area contributed by atoms with Gasteiger partial charge in [-0.05, 0) is 19.4 Å². The summed E-state index contributed by atoms with van der Waals surface area (Å²) in [6.45, 7) is 6.57. The SMILES string of the molecule is C=C1C(C(=O)OCC)C(S)CCN1C(C(=O)OC)c1ccccc1Cl. The van der Waals surface area contributed by atoms with Crippen molar-refractivity contribution in [2.45, 2.75) is 24.6 Å². The fourth-order valence-corrected chi connectivity index (χ4v) is 3.68. The number of piperidine rings is 1. The molecule has 25 heavy (non-hydrogen) atoms. The van der Waals surface area contributed by atoms with Crippen LogP contribution in [0.2, 0.25) is 5.02 Å². The van der Waals surface area contributed by atoms with Crippen LogP contribution in [-0.2, 0) is 19.1 Å². The number of benzene rings is 1. The highest BCUT2D eigenvalue weighted by molar-refractivity contribution is 7.81. The summed E-state index contributed by atoms with van der Waals surface area (Å²) in [5.41, 5.74) is 1.09. The summed E-state index contributed by atoms with van der Waals surface area (Å²) in [5.74, 6) is -1.47. The predicted molar refractivity (Wildman–Crippen MR) is 99.6 cm³/mol. The molecule has 0 amide bonds. The van der Waals surface area contributed by atoms with Gasteiger partial charge in [-0.1, -0.05) is 36.4 Å². The minimum absolute atomic E-state index is 0.215. The van der Waals surface area contributed by atoms with E-state index < -0.39 is 17.9 Å². The first-order valence-corrected chi connectivity index (χ1v) is 8.94. The van der Waals surface area contributed by atoms with Crippen molar-refractivity contribution in [1.82, 2.24) is 4.90 Å². The van der Waals surface area contributed by atoms with Crippen LogP contribution in [0.4, 0.5) is 0 Å². The van der Waals surface area contributed by atoms with Crippen molar-refractivity contribution in [3.05, 3.63) is 47.1 Å². The topological polar surface area (TPSA) is 55.8 Å². The van der Waals surface area contributed by atoms with Gasteiger partial charge >= 0.3 is 11.9 Å².